The Balaban J connectivity index is -0.0000000267. The summed E-state index contributed by atoms with van der Waals surface area (Å²) in [6.45, 7) is 0. The minimum Gasteiger partial charge on any atom is -0.368 e. The van der Waals surface area contributed by atoms with E-state index in [2.05, 4.69) is 0 Å². The van der Waals surface area contributed by atoms with Crippen molar-refractivity contribution in [2.24, 2.45) is 0 Å². The molecule has 8 heavy (non-hydrogen) atoms. The average Bonchev–Trinajstić information content (AvgIpc) is 0.722. The Hall–Kier alpha value is 2.80. The molecule has 0 spiro atoms. The van der Waals surface area contributed by atoms with Gasteiger partial charge in [0, 0.05) is 85.0 Å². The summed E-state index contributed by atoms with van der Waals surface area (Å²) in [5, 5.41) is 0. The van der Waals surface area contributed by atoms with E-state index in [1.807, 2.05) is 0 Å². The summed E-state index contributed by atoms with van der Waals surface area (Å²) in [5.41, 5.74) is 0. The Bertz CT molecular complexity index is 31.5. The van der Waals surface area contributed by atoms with Crippen molar-refractivity contribution in [2.45, 2.75) is 0 Å². The average molecular weight is 404 g/mol. The van der Waals surface area contributed by atoms with Crippen LogP contribution in [0.25, 0.3) is 0 Å². The first-order chi connectivity index (χ1) is 2.00. The molecule has 0 heterocycles. The van der Waals surface area contributed by atoms with Crippen LogP contribution in [-0.2, 0) is 0 Å². The van der Waals surface area contributed by atoms with Gasteiger partial charge < -0.3 is 25.3 Å². The third-order valence-corrected chi connectivity index (χ3v) is 0. The van der Waals surface area contributed by atoms with E-state index < -0.39 is 9.05 Å². The van der Waals surface area contributed by atoms with E-state index in [1.165, 1.54) is 0 Å². The molecule has 0 fully saturated rings. The molecule has 8 heteroatoms. The predicted molar refractivity (Wildman–Crippen MR) is 19.7 cm³/mol. The van der Waals surface area contributed by atoms with Crippen molar-refractivity contribution >= 4 is 9.05 Å². The number of hydrogen-bond donors (Lipinski definition) is 5. The van der Waals surface area contributed by atoms with Gasteiger partial charge in [-0.2, -0.15) is 0 Å². The maximum atomic E-state index is 7.33. The van der Waals surface area contributed by atoms with Crippen LogP contribution in [0.5, 0.6) is 0 Å². The molecule has 0 rings (SSSR count). The van der Waals surface area contributed by atoms with Crippen LogP contribution in [0.1, 0.15) is 0 Å². The number of rotatable bonds is 0. The predicted octanol–water partition coefficient (Wildman–Crippen LogP) is -2.45. The molecule has 0 aromatic rings. The second kappa shape index (κ2) is 9.80. The SMILES string of the molecule is N.O[Si](O)(O)O.[Eu].[La]. The van der Waals surface area contributed by atoms with Crippen molar-refractivity contribution in [1.29, 1.82) is 0 Å². The summed E-state index contributed by atoms with van der Waals surface area (Å²) >= 11 is 0. The van der Waals surface area contributed by atoms with Crippen LogP contribution in [0.2, 0.25) is 0 Å². The van der Waals surface area contributed by atoms with Gasteiger partial charge in [0.15, 0.2) is 0 Å². The van der Waals surface area contributed by atoms with Crippen molar-refractivity contribution in [2.75, 3.05) is 0 Å². The minimum atomic E-state index is -4.61. The van der Waals surface area contributed by atoms with Crippen molar-refractivity contribution < 1.29 is 104 Å². The van der Waals surface area contributed by atoms with Crippen LogP contribution in [-0.4, -0.2) is 28.2 Å². The molecule has 7 N–H and O–H groups in total. The molecule has 0 unspecified atom stereocenters. The summed E-state index contributed by atoms with van der Waals surface area (Å²) in [5.74, 6) is 0. The molecule has 0 saturated carbocycles. The Kier molecular flexibility index (Phi) is 27.5. The van der Waals surface area contributed by atoms with Crippen LogP contribution in [0.15, 0.2) is 0 Å². The fraction of sp³-hybridized carbons (Fsp3) is 0. The summed E-state index contributed by atoms with van der Waals surface area (Å²) in [6, 6.07) is 0. The van der Waals surface area contributed by atoms with Crippen LogP contribution in [0.3, 0.4) is 0 Å². The maximum Gasteiger partial charge on any atom is 0.668 e. The Labute approximate surface area is 117 Å². The zero-order valence-corrected chi connectivity index (χ0v) is 11.0. The van der Waals surface area contributed by atoms with E-state index in [1.54, 1.807) is 0 Å². The van der Waals surface area contributed by atoms with E-state index in [0.29, 0.717) is 0 Å². The normalized spacial score (nSPS) is 7.50. The molecule has 0 aliphatic heterocycles. The van der Waals surface area contributed by atoms with Gasteiger partial charge in [-0.3, -0.25) is 0 Å². The van der Waals surface area contributed by atoms with Gasteiger partial charge in [0.25, 0.3) is 0 Å². The molecular weight excluding hydrogens is 397 g/mol. The van der Waals surface area contributed by atoms with Gasteiger partial charge in [0.05, 0.1) is 0 Å². The Morgan fingerprint density at radius 3 is 0.875 bits per heavy atom. The summed E-state index contributed by atoms with van der Waals surface area (Å²) in [7, 11) is -4.61. The summed E-state index contributed by atoms with van der Waals surface area (Å²) in [6.07, 6.45) is 0. The monoisotopic (exact) mass is 405 g/mol. The number of hydrogen-bond acceptors (Lipinski definition) is 5. The zero-order valence-electron chi connectivity index (χ0n) is 3.95. The topological polar surface area (TPSA) is 116 Å². The van der Waals surface area contributed by atoms with Crippen LogP contribution in [0, 0.1) is 85.0 Å². The first-order valence-corrected chi connectivity index (χ1v) is 2.68. The van der Waals surface area contributed by atoms with Crippen molar-refractivity contribution in [3.63, 3.8) is 0 Å². The van der Waals surface area contributed by atoms with Gasteiger partial charge in [0.1, 0.15) is 0 Å². The van der Waals surface area contributed by atoms with Crippen LogP contribution >= 0.6 is 0 Å². The second-order valence-corrected chi connectivity index (χ2v) is 1.80. The minimum absolute atomic E-state index is 0. The van der Waals surface area contributed by atoms with Crippen molar-refractivity contribution in [3.05, 3.63) is 0 Å². The zero-order chi connectivity index (χ0) is 4.50. The third kappa shape index (κ3) is 68.4. The van der Waals surface area contributed by atoms with E-state index in [0.717, 1.165) is 0 Å². The van der Waals surface area contributed by atoms with Crippen LogP contribution < -0.4 is 6.15 Å². The van der Waals surface area contributed by atoms with Crippen LogP contribution in [0.4, 0.5) is 0 Å². The summed E-state index contributed by atoms with van der Waals surface area (Å²) < 4.78 is 0. The molecule has 0 saturated heterocycles. The van der Waals surface area contributed by atoms with Crippen molar-refractivity contribution in [1.82, 2.24) is 6.15 Å². The van der Waals surface area contributed by atoms with Crippen molar-refractivity contribution in [3.8, 4) is 0 Å². The quantitative estimate of drug-likeness (QED) is 0.288. The largest absolute Gasteiger partial charge is 0.668 e. The van der Waals surface area contributed by atoms with Gasteiger partial charge in [-0.15, -0.1) is 0 Å². The van der Waals surface area contributed by atoms with E-state index in [4.69, 9.17) is 19.2 Å². The Morgan fingerprint density at radius 2 is 0.875 bits per heavy atom. The molecule has 5 nitrogen and oxygen atoms in total. The molecule has 50 valence electrons. The fourth-order valence-electron chi connectivity index (χ4n) is 0. The standard InChI is InChI=1S/Eu.La.H3N.H4O4Si/c;;;1-5(2,3)4/h;;1H3;1-4H. The second-order valence-electron chi connectivity index (χ2n) is 0.600. The fourth-order valence-corrected chi connectivity index (χ4v) is 0. The first-order valence-electron chi connectivity index (χ1n) is 0.894. The molecule has 2 radical (unpaired) electrons. The third-order valence-electron chi connectivity index (χ3n) is 0. The smallest absolute Gasteiger partial charge is 0.368 e. The van der Waals surface area contributed by atoms with E-state index >= 15 is 0 Å². The van der Waals surface area contributed by atoms with Gasteiger partial charge in [-0.25, -0.2) is 0 Å². The molecule has 0 bridgehead atoms. The Morgan fingerprint density at radius 1 is 0.875 bits per heavy atom. The van der Waals surface area contributed by atoms with E-state index in [-0.39, 0.29) is 91.1 Å². The molecule has 0 aromatic carbocycles. The molecule has 0 aromatic heterocycles. The molecule has 0 amide bonds. The first kappa shape index (κ1) is 22.4. The van der Waals surface area contributed by atoms with Gasteiger partial charge in [-0.1, -0.05) is 0 Å². The van der Waals surface area contributed by atoms with Gasteiger partial charge >= 0.3 is 9.05 Å². The molecule has 0 atom stereocenters. The van der Waals surface area contributed by atoms with E-state index in [9.17, 15) is 0 Å². The van der Waals surface area contributed by atoms with Gasteiger partial charge in [0.2, 0.25) is 0 Å². The van der Waals surface area contributed by atoms with Gasteiger partial charge in [-0.05, 0) is 0 Å². The molecule has 0 aliphatic rings. The maximum absolute atomic E-state index is 7.33. The molecular formula is H7EuLaNO4Si. The summed E-state index contributed by atoms with van der Waals surface area (Å²) in [4.78, 5) is 29.3. The molecule has 0 aliphatic carbocycles.